The number of benzene rings is 1. The lowest BCUT2D eigenvalue weighted by atomic mass is 9.68. The van der Waals surface area contributed by atoms with E-state index in [4.69, 9.17) is 5.11 Å². The molecule has 0 spiro atoms. The van der Waals surface area contributed by atoms with Crippen molar-refractivity contribution in [1.82, 2.24) is 0 Å². The highest BCUT2D eigenvalue weighted by molar-refractivity contribution is 5.94. The fourth-order valence-electron chi connectivity index (χ4n) is 3.16. The predicted molar refractivity (Wildman–Crippen MR) is 82.2 cm³/mol. The van der Waals surface area contributed by atoms with Gasteiger partial charge >= 0.3 is 5.97 Å². The number of carboxylic acid groups (broad SMARTS) is 1. The highest BCUT2D eigenvalue weighted by Gasteiger charge is 2.37. The molecule has 2 N–H and O–H groups in total. The van der Waals surface area contributed by atoms with Crippen molar-refractivity contribution in [3.63, 3.8) is 0 Å². The zero-order valence-electron chi connectivity index (χ0n) is 12.7. The van der Waals surface area contributed by atoms with Crippen LogP contribution in [-0.2, 0) is 16.0 Å². The molecule has 0 bridgehead atoms. The van der Waals surface area contributed by atoms with Crippen LogP contribution in [0.2, 0.25) is 0 Å². The fourth-order valence-corrected chi connectivity index (χ4v) is 3.16. The van der Waals surface area contributed by atoms with Gasteiger partial charge < -0.3 is 10.4 Å². The molecule has 114 valence electrons. The van der Waals surface area contributed by atoms with Crippen LogP contribution in [0.1, 0.15) is 45.1 Å². The monoisotopic (exact) mass is 289 g/mol. The molecule has 4 heteroatoms. The lowest BCUT2D eigenvalue weighted by Crippen LogP contribution is -2.37. The molecule has 2 rings (SSSR count). The van der Waals surface area contributed by atoms with Crippen LogP contribution in [0.3, 0.4) is 0 Å². The molecule has 1 aromatic rings. The summed E-state index contributed by atoms with van der Waals surface area (Å²) in [5.41, 5.74) is 1.27. The highest BCUT2D eigenvalue weighted by Crippen LogP contribution is 2.41. The number of amides is 1. The maximum absolute atomic E-state index is 12.6. The van der Waals surface area contributed by atoms with Gasteiger partial charge in [0.25, 0.3) is 0 Å². The van der Waals surface area contributed by atoms with Gasteiger partial charge in [-0.2, -0.15) is 0 Å². The van der Waals surface area contributed by atoms with E-state index in [-0.39, 0.29) is 23.7 Å². The van der Waals surface area contributed by atoms with Gasteiger partial charge in [-0.25, -0.2) is 0 Å². The lowest BCUT2D eigenvalue weighted by molar-refractivity contribution is -0.136. The van der Waals surface area contributed by atoms with Crippen LogP contribution in [0.4, 0.5) is 5.69 Å². The molecule has 0 aromatic heterocycles. The van der Waals surface area contributed by atoms with Crippen molar-refractivity contribution >= 4 is 17.6 Å². The summed E-state index contributed by atoms with van der Waals surface area (Å²) in [6.45, 7) is 4.28. The second kappa shape index (κ2) is 6.29. The maximum Gasteiger partial charge on any atom is 0.307 e. The Bertz CT molecular complexity index is 537. The Labute approximate surface area is 125 Å². The van der Waals surface area contributed by atoms with Gasteiger partial charge in [0.15, 0.2) is 0 Å². The number of carboxylic acids is 1. The van der Waals surface area contributed by atoms with Gasteiger partial charge in [-0.15, -0.1) is 0 Å². The van der Waals surface area contributed by atoms with Gasteiger partial charge in [-0.05, 0) is 29.9 Å². The molecule has 1 aliphatic rings. The van der Waals surface area contributed by atoms with Crippen LogP contribution in [0, 0.1) is 11.3 Å². The SMILES string of the molecule is CC1(C)CCCCC1C(=O)Nc1ccccc1CC(=O)O. The molecule has 1 amide bonds. The summed E-state index contributed by atoms with van der Waals surface area (Å²) < 4.78 is 0. The summed E-state index contributed by atoms with van der Waals surface area (Å²) in [6.07, 6.45) is 4.14. The molecule has 21 heavy (non-hydrogen) atoms. The van der Waals surface area contributed by atoms with E-state index in [1.54, 1.807) is 18.2 Å². The van der Waals surface area contributed by atoms with Crippen molar-refractivity contribution in [3.8, 4) is 0 Å². The van der Waals surface area contributed by atoms with Gasteiger partial charge in [0.2, 0.25) is 5.91 Å². The smallest absolute Gasteiger partial charge is 0.307 e. The number of aliphatic carboxylic acids is 1. The molecule has 0 aliphatic heterocycles. The first-order valence-electron chi connectivity index (χ1n) is 7.51. The normalized spacial score (nSPS) is 20.8. The summed E-state index contributed by atoms with van der Waals surface area (Å²) in [7, 11) is 0. The number of carbonyl (C=O) groups excluding carboxylic acids is 1. The molecular formula is C17H23NO3. The van der Waals surface area contributed by atoms with E-state index in [0.29, 0.717) is 11.3 Å². The first-order chi connectivity index (χ1) is 9.90. The molecule has 1 atom stereocenters. The van der Waals surface area contributed by atoms with E-state index in [0.717, 1.165) is 19.3 Å². The molecule has 1 fully saturated rings. The third kappa shape index (κ3) is 3.84. The Morgan fingerprint density at radius 1 is 1.29 bits per heavy atom. The van der Waals surface area contributed by atoms with Crippen LogP contribution in [0.5, 0.6) is 0 Å². The third-order valence-electron chi connectivity index (χ3n) is 4.44. The Hall–Kier alpha value is -1.84. The quantitative estimate of drug-likeness (QED) is 0.892. The summed E-state index contributed by atoms with van der Waals surface area (Å²) in [5.74, 6) is -0.892. The molecule has 0 radical (unpaired) electrons. The number of nitrogens with one attached hydrogen (secondary N) is 1. The Balaban J connectivity index is 2.14. The molecule has 1 unspecified atom stereocenters. The summed E-state index contributed by atoms with van der Waals surface area (Å²) in [4.78, 5) is 23.5. The first kappa shape index (κ1) is 15.5. The Morgan fingerprint density at radius 2 is 2.00 bits per heavy atom. The predicted octanol–water partition coefficient (Wildman–Crippen LogP) is 3.47. The minimum Gasteiger partial charge on any atom is -0.481 e. The highest BCUT2D eigenvalue weighted by atomic mass is 16.4. The molecule has 0 saturated heterocycles. The lowest BCUT2D eigenvalue weighted by Gasteiger charge is -2.37. The van der Waals surface area contributed by atoms with Crippen molar-refractivity contribution in [3.05, 3.63) is 29.8 Å². The van der Waals surface area contributed by atoms with E-state index in [1.807, 2.05) is 6.07 Å². The number of hydrogen-bond acceptors (Lipinski definition) is 2. The van der Waals surface area contributed by atoms with Gasteiger partial charge in [-0.1, -0.05) is 44.9 Å². The number of anilines is 1. The summed E-state index contributed by atoms with van der Waals surface area (Å²) in [6, 6.07) is 7.12. The molecular weight excluding hydrogens is 266 g/mol. The summed E-state index contributed by atoms with van der Waals surface area (Å²) in [5, 5.41) is 11.9. The summed E-state index contributed by atoms with van der Waals surface area (Å²) >= 11 is 0. The number of hydrogen-bond donors (Lipinski definition) is 2. The number of para-hydroxylation sites is 1. The molecule has 0 heterocycles. The van der Waals surface area contributed by atoms with Gasteiger partial charge in [0.05, 0.1) is 6.42 Å². The largest absolute Gasteiger partial charge is 0.481 e. The molecule has 4 nitrogen and oxygen atoms in total. The van der Waals surface area contributed by atoms with E-state index in [9.17, 15) is 9.59 Å². The van der Waals surface area contributed by atoms with Crippen molar-refractivity contribution in [2.75, 3.05) is 5.32 Å². The third-order valence-corrected chi connectivity index (χ3v) is 4.44. The molecule has 1 aliphatic carbocycles. The van der Waals surface area contributed by atoms with Crippen LogP contribution >= 0.6 is 0 Å². The second-order valence-corrected chi connectivity index (χ2v) is 6.50. The van der Waals surface area contributed by atoms with E-state index >= 15 is 0 Å². The van der Waals surface area contributed by atoms with Crippen LogP contribution < -0.4 is 5.32 Å². The zero-order chi connectivity index (χ0) is 15.5. The van der Waals surface area contributed by atoms with Crippen LogP contribution in [0.15, 0.2) is 24.3 Å². The van der Waals surface area contributed by atoms with Crippen molar-refractivity contribution in [1.29, 1.82) is 0 Å². The van der Waals surface area contributed by atoms with Gasteiger partial charge in [-0.3, -0.25) is 9.59 Å². The Morgan fingerprint density at radius 3 is 2.67 bits per heavy atom. The minimum absolute atomic E-state index is 0.00404. The van der Waals surface area contributed by atoms with Crippen molar-refractivity contribution in [2.45, 2.75) is 46.0 Å². The first-order valence-corrected chi connectivity index (χ1v) is 7.51. The van der Waals surface area contributed by atoms with Gasteiger partial charge in [0.1, 0.15) is 0 Å². The van der Waals surface area contributed by atoms with Crippen LogP contribution in [0.25, 0.3) is 0 Å². The van der Waals surface area contributed by atoms with Crippen molar-refractivity contribution in [2.24, 2.45) is 11.3 Å². The second-order valence-electron chi connectivity index (χ2n) is 6.50. The van der Waals surface area contributed by atoms with Crippen LogP contribution in [-0.4, -0.2) is 17.0 Å². The average Bonchev–Trinajstić information content (AvgIpc) is 2.39. The standard InChI is InChI=1S/C17H23NO3/c1-17(2)10-6-5-8-13(17)16(21)18-14-9-4-3-7-12(14)11-15(19)20/h3-4,7,9,13H,5-6,8,10-11H2,1-2H3,(H,18,21)(H,19,20). The van der Waals surface area contributed by atoms with E-state index in [2.05, 4.69) is 19.2 Å². The van der Waals surface area contributed by atoms with E-state index < -0.39 is 5.97 Å². The Kier molecular flexibility index (Phi) is 4.66. The average molecular weight is 289 g/mol. The van der Waals surface area contributed by atoms with Crippen molar-refractivity contribution < 1.29 is 14.7 Å². The fraction of sp³-hybridized carbons (Fsp3) is 0.529. The van der Waals surface area contributed by atoms with E-state index in [1.165, 1.54) is 6.42 Å². The zero-order valence-corrected chi connectivity index (χ0v) is 12.7. The maximum atomic E-state index is 12.6. The number of carbonyl (C=O) groups is 2. The molecule has 1 aromatic carbocycles. The van der Waals surface area contributed by atoms with Gasteiger partial charge in [0, 0.05) is 11.6 Å². The number of rotatable bonds is 4. The topological polar surface area (TPSA) is 66.4 Å². The minimum atomic E-state index is -0.894. The molecule has 1 saturated carbocycles.